The fourth-order valence-corrected chi connectivity index (χ4v) is 2.93. The number of nitrogens with one attached hydrogen (secondary N) is 1. The largest absolute Gasteiger partial charge is 0.481 e. The summed E-state index contributed by atoms with van der Waals surface area (Å²) in [5, 5.41) is 12.2. The van der Waals surface area contributed by atoms with Crippen LogP contribution in [0.25, 0.3) is 0 Å². The average Bonchev–Trinajstić information content (AvgIpc) is 2.70. The van der Waals surface area contributed by atoms with Crippen LogP contribution in [0.1, 0.15) is 15.7 Å². The first-order valence-corrected chi connectivity index (χ1v) is 5.50. The summed E-state index contributed by atoms with van der Waals surface area (Å²) in [6.45, 7) is 3.43. The normalized spacial score (nSPS) is 26.6. The van der Waals surface area contributed by atoms with Crippen molar-refractivity contribution in [3.05, 3.63) is 21.9 Å². The molecular weight excluding hydrogens is 198 g/mol. The van der Waals surface area contributed by atoms with Crippen molar-refractivity contribution in [3.8, 4) is 0 Å². The second-order valence-corrected chi connectivity index (χ2v) is 4.98. The third-order valence-electron chi connectivity index (χ3n) is 2.66. The summed E-state index contributed by atoms with van der Waals surface area (Å²) >= 11 is 1.70. The number of carboxylic acids is 1. The van der Waals surface area contributed by atoms with Gasteiger partial charge < -0.3 is 10.4 Å². The van der Waals surface area contributed by atoms with Gasteiger partial charge in [0.2, 0.25) is 0 Å². The van der Waals surface area contributed by atoms with Crippen molar-refractivity contribution in [1.29, 1.82) is 0 Å². The number of thiophene rings is 1. The van der Waals surface area contributed by atoms with Crippen LogP contribution in [0.5, 0.6) is 0 Å². The summed E-state index contributed by atoms with van der Waals surface area (Å²) in [6, 6.07) is 4.10. The molecule has 0 radical (unpaired) electrons. The second-order valence-electron chi connectivity index (χ2n) is 3.66. The summed E-state index contributed by atoms with van der Waals surface area (Å²) in [5.41, 5.74) is 0. The van der Waals surface area contributed by atoms with Gasteiger partial charge in [0.15, 0.2) is 0 Å². The van der Waals surface area contributed by atoms with E-state index in [-0.39, 0.29) is 11.8 Å². The molecule has 1 aliphatic heterocycles. The smallest absolute Gasteiger partial charge is 0.308 e. The number of carboxylic acid groups (broad SMARTS) is 1. The van der Waals surface area contributed by atoms with Crippen LogP contribution < -0.4 is 5.32 Å². The lowest BCUT2D eigenvalue weighted by Crippen LogP contribution is -2.20. The van der Waals surface area contributed by atoms with E-state index in [9.17, 15) is 4.79 Å². The molecule has 1 aromatic heterocycles. The summed E-state index contributed by atoms with van der Waals surface area (Å²) < 4.78 is 0. The van der Waals surface area contributed by atoms with Crippen molar-refractivity contribution in [2.75, 3.05) is 13.1 Å². The summed E-state index contributed by atoms with van der Waals surface area (Å²) in [4.78, 5) is 13.4. The van der Waals surface area contributed by atoms with Gasteiger partial charge in [-0.3, -0.25) is 4.79 Å². The molecule has 0 amide bonds. The Kier molecular flexibility index (Phi) is 2.56. The molecule has 0 saturated carbocycles. The zero-order valence-corrected chi connectivity index (χ0v) is 8.80. The Balaban J connectivity index is 2.21. The van der Waals surface area contributed by atoms with Crippen molar-refractivity contribution in [2.24, 2.45) is 5.92 Å². The SMILES string of the molecule is Cc1ccc(C2CNCC2C(=O)O)s1. The Morgan fingerprint density at radius 1 is 1.57 bits per heavy atom. The van der Waals surface area contributed by atoms with Gasteiger partial charge in [0.25, 0.3) is 0 Å². The molecule has 3 nitrogen and oxygen atoms in total. The number of hydrogen-bond acceptors (Lipinski definition) is 3. The molecule has 14 heavy (non-hydrogen) atoms. The molecule has 0 spiro atoms. The maximum absolute atomic E-state index is 11.0. The van der Waals surface area contributed by atoms with Crippen LogP contribution in [-0.2, 0) is 4.79 Å². The van der Waals surface area contributed by atoms with E-state index in [0.29, 0.717) is 6.54 Å². The van der Waals surface area contributed by atoms with Crippen LogP contribution >= 0.6 is 11.3 Å². The van der Waals surface area contributed by atoms with Gasteiger partial charge in [-0.15, -0.1) is 11.3 Å². The Hall–Kier alpha value is -0.870. The standard InChI is InChI=1S/C10H13NO2S/c1-6-2-3-9(14-6)7-4-11-5-8(7)10(12)13/h2-3,7-8,11H,4-5H2,1H3,(H,12,13). The molecule has 76 valence electrons. The Morgan fingerprint density at radius 3 is 2.93 bits per heavy atom. The summed E-state index contributed by atoms with van der Waals surface area (Å²) in [7, 11) is 0. The number of carbonyl (C=O) groups is 1. The molecule has 2 N–H and O–H groups in total. The molecular formula is C10H13NO2S. The Morgan fingerprint density at radius 2 is 2.36 bits per heavy atom. The molecule has 2 heterocycles. The number of rotatable bonds is 2. The number of aryl methyl sites for hydroxylation is 1. The maximum Gasteiger partial charge on any atom is 0.308 e. The van der Waals surface area contributed by atoms with Crippen molar-refractivity contribution in [1.82, 2.24) is 5.32 Å². The first-order valence-electron chi connectivity index (χ1n) is 4.68. The Labute approximate surface area is 86.8 Å². The van der Waals surface area contributed by atoms with Crippen LogP contribution in [0.15, 0.2) is 12.1 Å². The zero-order valence-electron chi connectivity index (χ0n) is 7.99. The maximum atomic E-state index is 11.0. The lowest BCUT2D eigenvalue weighted by molar-refractivity contribution is -0.141. The van der Waals surface area contributed by atoms with Crippen LogP contribution in [0.2, 0.25) is 0 Å². The molecule has 2 atom stereocenters. The monoisotopic (exact) mass is 211 g/mol. The topological polar surface area (TPSA) is 49.3 Å². The minimum Gasteiger partial charge on any atom is -0.481 e. The number of hydrogen-bond donors (Lipinski definition) is 2. The lowest BCUT2D eigenvalue weighted by Gasteiger charge is -2.11. The third-order valence-corrected chi connectivity index (χ3v) is 3.79. The number of aliphatic carboxylic acids is 1. The molecule has 1 aliphatic rings. The van der Waals surface area contributed by atoms with Gasteiger partial charge in [-0.25, -0.2) is 0 Å². The molecule has 2 unspecified atom stereocenters. The fourth-order valence-electron chi connectivity index (χ4n) is 1.89. The molecule has 4 heteroatoms. The van der Waals surface area contributed by atoms with Crippen molar-refractivity contribution in [3.63, 3.8) is 0 Å². The third kappa shape index (κ3) is 1.67. The van der Waals surface area contributed by atoms with Gasteiger partial charge >= 0.3 is 5.97 Å². The van der Waals surface area contributed by atoms with Gasteiger partial charge in [0.1, 0.15) is 0 Å². The minimum atomic E-state index is -0.689. The lowest BCUT2D eigenvalue weighted by atomic mass is 9.95. The van der Waals surface area contributed by atoms with Crippen LogP contribution in [0.3, 0.4) is 0 Å². The van der Waals surface area contributed by atoms with Crippen LogP contribution in [0.4, 0.5) is 0 Å². The summed E-state index contributed by atoms with van der Waals surface area (Å²) in [5.74, 6) is -0.787. The predicted molar refractivity (Wildman–Crippen MR) is 55.8 cm³/mol. The zero-order chi connectivity index (χ0) is 10.1. The molecule has 2 rings (SSSR count). The van der Waals surface area contributed by atoms with Crippen LogP contribution in [-0.4, -0.2) is 24.2 Å². The van der Waals surface area contributed by atoms with E-state index in [4.69, 9.17) is 5.11 Å². The second kappa shape index (κ2) is 3.71. The van der Waals surface area contributed by atoms with E-state index >= 15 is 0 Å². The van der Waals surface area contributed by atoms with Crippen molar-refractivity contribution >= 4 is 17.3 Å². The van der Waals surface area contributed by atoms with E-state index in [1.807, 2.05) is 13.0 Å². The predicted octanol–water partition coefficient (Wildman–Crippen LogP) is 1.44. The highest BCUT2D eigenvalue weighted by molar-refractivity contribution is 7.12. The van der Waals surface area contributed by atoms with Gasteiger partial charge in [0.05, 0.1) is 5.92 Å². The van der Waals surface area contributed by atoms with Crippen LogP contribution in [0, 0.1) is 12.8 Å². The van der Waals surface area contributed by atoms with E-state index in [1.165, 1.54) is 9.75 Å². The fraction of sp³-hybridized carbons (Fsp3) is 0.500. The van der Waals surface area contributed by atoms with Crippen molar-refractivity contribution < 1.29 is 9.90 Å². The molecule has 0 aromatic carbocycles. The first-order chi connectivity index (χ1) is 6.68. The minimum absolute atomic E-state index is 0.159. The van der Waals surface area contributed by atoms with E-state index in [0.717, 1.165) is 6.54 Å². The van der Waals surface area contributed by atoms with E-state index in [1.54, 1.807) is 11.3 Å². The van der Waals surface area contributed by atoms with Gasteiger partial charge in [-0.2, -0.15) is 0 Å². The van der Waals surface area contributed by atoms with Gasteiger partial charge in [-0.05, 0) is 19.1 Å². The molecule has 1 fully saturated rings. The Bertz CT molecular complexity index is 348. The molecule has 1 aromatic rings. The van der Waals surface area contributed by atoms with E-state index in [2.05, 4.69) is 11.4 Å². The quantitative estimate of drug-likeness (QED) is 0.778. The average molecular weight is 211 g/mol. The van der Waals surface area contributed by atoms with E-state index < -0.39 is 5.97 Å². The molecule has 1 saturated heterocycles. The van der Waals surface area contributed by atoms with Gasteiger partial charge in [-0.1, -0.05) is 0 Å². The highest BCUT2D eigenvalue weighted by atomic mass is 32.1. The highest BCUT2D eigenvalue weighted by Gasteiger charge is 2.34. The van der Waals surface area contributed by atoms with Gasteiger partial charge in [0, 0.05) is 28.8 Å². The highest BCUT2D eigenvalue weighted by Crippen LogP contribution is 2.32. The first kappa shape index (κ1) is 9.68. The molecule has 0 aliphatic carbocycles. The summed E-state index contributed by atoms with van der Waals surface area (Å²) in [6.07, 6.45) is 0. The van der Waals surface area contributed by atoms with Crippen molar-refractivity contribution in [2.45, 2.75) is 12.8 Å². The molecule has 0 bridgehead atoms.